The van der Waals surface area contributed by atoms with E-state index in [1.165, 1.54) is 0 Å². The predicted molar refractivity (Wildman–Crippen MR) is 79.9 cm³/mol. The summed E-state index contributed by atoms with van der Waals surface area (Å²) in [6, 6.07) is 15.4. The molecule has 2 rings (SSSR count). The summed E-state index contributed by atoms with van der Waals surface area (Å²) in [6.45, 7) is 0.636. The number of alkyl halides is 1. The van der Waals surface area contributed by atoms with E-state index in [1.54, 1.807) is 0 Å². The van der Waals surface area contributed by atoms with Gasteiger partial charge in [0.25, 0.3) is 0 Å². The third kappa shape index (κ3) is 3.75. The van der Waals surface area contributed by atoms with Crippen molar-refractivity contribution in [2.75, 3.05) is 11.9 Å². The molecule has 0 radical (unpaired) electrons. The molecule has 2 aromatic carbocycles. The maximum atomic E-state index is 5.72. The van der Waals surface area contributed by atoms with Crippen molar-refractivity contribution < 1.29 is 9.47 Å². The van der Waals surface area contributed by atoms with Crippen LogP contribution in [0.5, 0.6) is 17.2 Å². The summed E-state index contributed by atoms with van der Waals surface area (Å²) in [6.07, 6.45) is 0. The van der Waals surface area contributed by atoms with Crippen LogP contribution in [0, 0.1) is 0 Å². The van der Waals surface area contributed by atoms with Gasteiger partial charge in [0.05, 0.1) is 11.1 Å². The highest BCUT2D eigenvalue weighted by Crippen LogP contribution is 2.31. The summed E-state index contributed by atoms with van der Waals surface area (Å²) in [4.78, 5) is 0. The molecule has 0 aliphatic rings. The van der Waals surface area contributed by atoms with E-state index in [1.807, 2.05) is 48.5 Å². The number of ether oxygens (including phenoxy) is 2. The number of para-hydroxylation sites is 1. The van der Waals surface area contributed by atoms with Gasteiger partial charge >= 0.3 is 0 Å². The topological polar surface area (TPSA) is 18.5 Å². The molecule has 0 atom stereocenters. The molecule has 0 saturated carbocycles. The quantitative estimate of drug-likeness (QED) is 0.687. The van der Waals surface area contributed by atoms with E-state index >= 15 is 0 Å². The van der Waals surface area contributed by atoms with Gasteiger partial charge in [0.2, 0.25) is 0 Å². The molecular weight excluding hydrogens is 360 g/mol. The van der Waals surface area contributed by atoms with Gasteiger partial charge in [0.15, 0.2) is 0 Å². The SMILES string of the molecule is BrCCOc1ccc(Oc2ccccc2)cc1Br. The van der Waals surface area contributed by atoms with Gasteiger partial charge in [-0.1, -0.05) is 34.1 Å². The molecule has 94 valence electrons. The summed E-state index contributed by atoms with van der Waals surface area (Å²) >= 11 is 6.80. The van der Waals surface area contributed by atoms with E-state index < -0.39 is 0 Å². The standard InChI is InChI=1S/C14H12Br2O2/c15-8-9-17-14-7-6-12(10-13(14)16)18-11-4-2-1-3-5-11/h1-7,10H,8-9H2. The molecule has 0 bridgehead atoms. The fourth-order valence-electron chi connectivity index (χ4n) is 1.44. The molecule has 0 amide bonds. The minimum atomic E-state index is 0.636. The lowest BCUT2D eigenvalue weighted by molar-refractivity contribution is 0.342. The van der Waals surface area contributed by atoms with Crippen molar-refractivity contribution in [1.29, 1.82) is 0 Å². The molecular formula is C14H12Br2O2. The van der Waals surface area contributed by atoms with Gasteiger partial charge in [-0.25, -0.2) is 0 Å². The monoisotopic (exact) mass is 370 g/mol. The molecule has 0 spiro atoms. The van der Waals surface area contributed by atoms with Crippen molar-refractivity contribution in [3.8, 4) is 17.2 Å². The highest BCUT2D eigenvalue weighted by atomic mass is 79.9. The molecule has 0 saturated heterocycles. The molecule has 2 aromatic rings. The molecule has 4 heteroatoms. The summed E-state index contributed by atoms with van der Waals surface area (Å²) in [7, 11) is 0. The molecule has 0 fully saturated rings. The summed E-state index contributed by atoms with van der Waals surface area (Å²) in [5, 5.41) is 0.807. The third-order valence-electron chi connectivity index (χ3n) is 2.22. The smallest absolute Gasteiger partial charge is 0.133 e. The summed E-state index contributed by atoms with van der Waals surface area (Å²) < 4.78 is 12.2. The van der Waals surface area contributed by atoms with Gasteiger partial charge in [-0.3, -0.25) is 0 Å². The maximum Gasteiger partial charge on any atom is 0.133 e. The number of rotatable bonds is 5. The summed E-state index contributed by atoms with van der Waals surface area (Å²) in [5.41, 5.74) is 0. The molecule has 18 heavy (non-hydrogen) atoms. The minimum absolute atomic E-state index is 0.636. The lowest BCUT2D eigenvalue weighted by atomic mass is 10.3. The Kier molecular flexibility index (Phi) is 5.08. The molecule has 0 unspecified atom stereocenters. The van der Waals surface area contributed by atoms with Crippen LogP contribution in [0.3, 0.4) is 0 Å². The third-order valence-corrected chi connectivity index (χ3v) is 3.16. The van der Waals surface area contributed by atoms with Gasteiger partial charge in [0.1, 0.15) is 17.2 Å². The van der Waals surface area contributed by atoms with E-state index in [4.69, 9.17) is 9.47 Å². The average molecular weight is 372 g/mol. The van der Waals surface area contributed by atoms with Crippen LogP contribution in [0.4, 0.5) is 0 Å². The highest BCUT2D eigenvalue weighted by molar-refractivity contribution is 9.10. The van der Waals surface area contributed by atoms with Gasteiger partial charge in [-0.05, 0) is 46.3 Å². The molecule has 0 aromatic heterocycles. The van der Waals surface area contributed by atoms with Crippen molar-refractivity contribution in [2.45, 2.75) is 0 Å². The number of hydrogen-bond donors (Lipinski definition) is 0. The maximum absolute atomic E-state index is 5.72. The second-order valence-electron chi connectivity index (χ2n) is 3.54. The predicted octanol–water partition coefficient (Wildman–Crippen LogP) is 5.02. The number of benzene rings is 2. The van der Waals surface area contributed by atoms with E-state index in [2.05, 4.69) is 31.9 Å². The van der Waals surface area contributed by atoms with Crippen molar-refractivity contribution in [3.63, 3.8) is 0 Å². The lowest BCUT2D eigenvalue weighted by Gasteiger charge is -2.09. The average Bonchev–Trinajstić information content (AvgIpc) is 2.39. The molecule has 2 nitrogen and oxygen atoms in total. The first-order chi connectivity index (χ1) is 8.79. The largest absolute Gasteiger partial charge is 0.492 e. The van der Waals surface area contributed by atoms with Crippen molar-refractivity contribution in [1.82, 2.24) is 0 Å². The van der Waals surface area contributed by atoms with Crippen molar-refractivity contribution in [2.24, 2.45) is 0 Å². The Morgan fingerprint density at radius 2 is 1.72 bits per heavy atom. The van der Waals surface area contributed by atoms with Gasteiger partial charge in [-0.15, -0.1) is 0 Å². The lowest BCUT2D eigenvalue weighted by Crippen LogP contribution is -1.98. The van der Waals surface area contributed by atoms with E-state index in [9.17, 15) is 0 Å². The molecule has 0 aliphatic heterocycles. The second-order valence-corrected chi connectivity index (χ2v) is 5.19. The minimum Gasteiger partial charge on any atom is -0.492 e. The van der Waals surface area contributed by atoms with E-state index in [0.29, 0.717) is 6.61 Å². The Bertz CT molecular complexity index is 500. The van der Waals surface area contributed by atoms with E-state index in [0.717, 1.165) is 27.1 Å². The van der Waals surface area contributed by atoms with Crippen molar-refractivity contribution in [3.05, 3.63) is 53.0 Å². The molecule has 0 N–H and O–H groups in total. The normalized spacial score (nSPS) is 10.1. The second kappa shape index (κ2) is 6.81. The van der Waals surface area contributed by atoms with Crippen LogP contribution < -0.4 is 9.47 Å². The van der Waals surface area contributed by atoms with Crippen LogP contribution >= 0.6 is 31.9 Å². The van der Waals surface area contributed by atoms with Gasteiger partial charge in [0, 0.05) is 5.33 Å². The zero-order valence-corrected chi connectivity index (χ0v) is 12.8. The zero-order chi connectivity index (χ0) is 12.8. The van der Waals surface area contributed by atoms with E-state index in [-0.39, 0.29) is 0 Å². The first kappa shape index (κ1) is 13.4. The van der Waals surface area contributed by atoms with Crippen LogP contribution in [0.15, 0.2) is 53.0 Å². The Morgan fingerprint density at radius 3 is 2.39 bits per heavy atom. The molecule has 0 heterocycles. The Morgan fingerprint density at radius 1 is 0.944 bits per heavy atom. The zero-order valence-electron chi connectivity index (χ0n) is 9.61. The van der Waals surface area contributed by atoms with Crippen LogP contribution in [0.25, 0.3) is 0 Å². The fraction of sp³-hybridized carbons (Fsp3) is 0.143. The van der Waals surface area contributed by atoms with Crippen LogP contribution in [0.2, 0.25) is 0 Å². The first-order valence-electron chi connectivity index (χ1n) is 5.51. The van der Waals surface area contributed by atoms with Gasteiger partial charge < -0.3 is 9.47 Å². The van der Waals surface area contributed by atoms with Crippen LogP contribution in [0.1, 0.15) is 0 Å². The first-order valence-corrected chi connectivity index (χ1v) is 7.42. The summed E-state index contributed by atoms with van der Waals surface area (Å²) in [5.74, 6) is 2.41. The Labute approximate surface area is 123 Å². The van der Waals surface area contributed by atoms with Crippen LogP contribution in [-0.2, 0) is 0 Å². The Balaban J connectivity index is 2.09. The number of hydrogen-bond acceptors (Lipinski definition) is 2. The highest BCUT2D eigenvalue weighted by Gasteiger charge is 2.04. The molecule has 0 aliphatic carbocycles. The Hall–Kier alpha value is -1.00. The van der Waals surface area contributed by atoms with Crippen LogP contribution in [-0.4, -0.2) is 11.9 Å². The fourth-order valence-corrected chi connectivity index (χ4v) is 2.07. The van der Waals surface area contributed by atoms with Gasteiger partial charge in [-0.2, -0.15) is 0 Å². The van der Waals surface area contributed by atoms with Crippen molar-refractivity contribution >= 4 is 31.9 Å². The number of halogens is 2.